The predicted octanol–water partition coefficient (Wildman–Crippen LogP) is 2.69. The van der Waals surface area contributed by atoms with Crippen LogP contribution >= 0.6 is 11.6 Å². The van der Waals surface area contributed by atoms with Gasteiger partial charge in [0.05, 0.1) is 5.02 Å². The van der Waals surface area contributed by atoms with Gasteiger partial charge in [0.1, 0.15) is 0 Å². The fourth-order valence-electron chi connectivity index (χ4n) is 2.00. The summed E-state index contributed by atoms with van der Waals surface area (Å²) in [5, 5.41) is 2.08. The first-order valence-corrected chi connectivity index (χ1v) is 5.78. The fourth-order valence-corrected chi connectivity index (χ4v) is 2.17. The smallest absolute Gasteiger partial charge is 0.195 e. The van der Waals surface area contributed by atoms with E-state index in [1.54, 1.807) is 24.4 Å². The number of aromatic amines is 1. The highest BCUT2D eigenvalue weighted by Crippen LogP contribution is 2.15. The normalized spacial score (nSPS) is 10.9. The van der Waals surface area contributed by atoms with Crippen LogP contribution < -0.4 is 10.9 Å². The summed E-state index contributed by atoms with van der Waals surface area (Å²) in [5.74, 6) is 0. The van der Waals surface area contributed by atoms with Gasteiger partial charge in [0.25, 0.3) is 0 Å². The second-order valence-electron chi connectivity index (χ2n) is 4.06. The molecule has 0 radical (unpaired) electrons. The van der Waals surface area contributed by atoms with Crippen LogP contribution in [-0.4, -0.2) is 4.98 Å². The molecule has 3 rings (SSSR count). The minimum Gasteiger partial charge on any atom is -0.360 e. The van der Waals surface area contributed by atoms with E-state index in [0.29, 0.717) is 21.3 Å². The van der Waals surface area contributed by atoms with Crippen LogP contribution in [0.25, 0.3) is 21.7 Å². The Morgan fingerprint density at radius 3 is 2.56 bits per heavy atom. The van der Waals surface area contributed by atoms with Gasteiger partial charge in [0, 0.05) is 22.5 Å². The average Bonchev–Trinajstić information content (AvgIpc) is 2.49. The van der Waals surface area contributed by atoms with E-state index >= 15 is 0 Å². The van der Waals surface area contributed by atoms with Crippen LogP contribution in [0.15, 0.2) is 52.2 Å². The molecule has 0 bridgehead atoms. The summed E-state index contributed by atoms with van der Waals surface area (Å²) in [5.41, 5.74) is 0.319. The second-order valence-corrected chi connectivity index (χ2v) is 4.49. The number of aromatic nitrogens is 1. The highest BCUT2D eigenvalue weighted by Gasteiger charge is 2.03. The third-order valence-corrected chi connectivity index (χ3v) is 3.10. The van der Waals surface area contributed by atoms with Gasteiger partial charge in [-0.1, -0.05) is 23.7 Å². The summed E-state index contributed by atoms with van der Waals surface area (Å²) in [6.07, 6.45) is 1.62. The molecule has 0 saturated heterocycles. The molecule has 3 nitrogen and oxygen atoms in total. The van der Waals surface area contributed by atoms with Crippen molar-refractivity contribution in [2.75, 3.05) is 0 Å². The Kier molecular flexibility index (Phi) is 2.42. The number of rotatable bonds is 0. The second kappa shape index (κ2) is 3.96. The molecule has 0 fully saturated rings. The molecule has 0 atom stereocenters. The number of hydrogen-bond donors (Lipinski definition) is 1. The molecule has 0 amide bonds. The maximum atomic E-state index is 12.4. The molecular weight excluding hydrogens is 250 g/mol. The van der Waals surface area contributed by atoms with Crippen molar-refractivity contribution in [1.29, 1.82) is 0 Å². The minimum atomic E-state index is -0.193. The summed E-state index contributed by atoms with van der Waals surface area (Å²) in [6, 6.07) is 9.68. The van der Waals surface area contributed by atoms with Gasteiger partial charge < -0.3 is 4.98 Å². The first-order chi connectivity index (χ1) is 8.65. The zero-order chi connectivity index (χ0) is 12.7. The van der Waals surface area contributed by atoms with E-state index < -0.39 is 0 Å². The van der Waals surface area contributed by atoms with Crippen molar-refractivity contribution in [3.8, 4) is 0 Å². The lowest BCUT2D eigenvalue weighted by molar-refractivity contribution is 1.42. The Hall–Kier alpha value is -2.13. The molecule has 0 aliphatic rings. The van der Waals surface area contributed by atoms with Crippen molar-refractivity contribution in [1.82, 2.24) is 4.98 Å². The Labute approximate surface area is 107 Å². The lowest BCUT2D eigenvalue weighted by atomic mass is 10.1. The van der Waals surface area contributed by atoms with E-state index in [0.717, 1.165) is 5.39 Å². The van der Waals surface area contributed by atoms with E-state index in [1.165, 1.54) is 12.1 Å². The minimum absolute atomic E-state index is 0.176. The van der Waals surface area contributed by atoms with Gasteiger partial charge in [0.2, 0.25) is 0 Å². The van der Waals surface area contributed by atoms with E-state index in [1.807, 2.05) is 6.07 Å². The molecular formula is C14H8ClNO2. The molecule has 0 aliphatic heterocycles. The third-order valence-electron chi connectivity index (χ3n) is 2.88. The lowest BCUT2D eigenvalue weighted by Gasteiger charge is -1.93. The number of nitrogens with one attached hydrogen (secondary N) is 1. The summed E-state index contributed by atoms with van der Waals surface area (Å²) in [6.45, 7) is 0. The van der Waals surface area contributed by atoms with Crippen molar-refractivity contribution in [2.24, 2.45) is 0 Å². The van der Waals surface area contributed by atoms with Crippen LogP contribution in [0.5, 0.6) is 0 Å². The Bertz CT molecular complexity index is 884. The monoisotopic (exact) mass is 257 g/mol. The number of benzene rings is 1. The maximum Gasteiger partial charge on any atom is 0.195 e. The van der Waals surface area contributed by atoms with Crippen molar-refractivity contribution < 1.29 is 0 Å². The summed E-state index contributed by atoms with van der Waals surface area (Å²) in [7, 11) is 0. The Balaban J connectivity index is 2.67. The molecule has 1 N–H and O–H groups in total. The lowest BCUT2D eigenvalue weighted by Crippen LogP contribution is -2.03. The van der Waals surface area contributed by atoms with Crippen LogP contribution in [0.4, 0.5) is 0 Å². The molecule has 1 aromatic heterocycles. The van der Waals surface area contributed by atoms with Crippen LogP contribution in [0.1, 0.15) is 0 Å². The first kappa shape index (κ1) is 11.0. The van der Waals surface area contributed by atoms with Gasteiger partial charge in [0.15, 0.2) is 10.9 Å². The fraction of sp³-hybridized carbons (Fsp3) is 0. The quantitative estimate of drug-likeness (QED) is 0.673. The van der Waals surface area contributed by atoms with Crippen molar-refractivity contribution in [3.05, 3.63) is 68.1 Å². The molecule has 0 saturated carbocycles. The molecule has 88 valence electrons. The molecule has 0 aliphatic carbocycles. The summed E-state index contributed by atoms with van der Waals surface area (Å²) >= 11 is 5.88. The van der Waals surface area contributed by atoms with Gasteiger partial charge in [-0.15, -0.1) is 0 Å². The van der Waals surface area contributed by atoms with E-state index in [-0.39, 0.29) is 10.9 Å². The number of halogens is 1. The number of pyridine rings is 1. The van der Waals surface area contributed by atoms with E-state index in [9.17, 15) is 9.59 Å². The first-order valence-electron chi connectivity index (χ1n) is 5.40. The van der Waals surface area contributed by atoms with Gasteiger partial charge in [-0.3, -0.25) is 9.59 Å². The van der Waals surface area contributed by atoms with Gasteiger partial charge in [-0.2, -0.15) is 0 Å². The largest absolute Gasteiger partial charge is 0.360 e. The SMILES string of the molecule is O=c1ccc2ccc3[nH]cc(Cl)cc3c(=O)c2c1. The van der Waals surface area contributed by atoms with Crippen LogP contribution in [-0.2, 0) is 0 Å². The van der Waals surface area contributed by atoms with E-state index in [2.05, 4.69) is 4.98 Å². The molecule has 0 spiro atoms. The Morgan fingerprint density at radius 1 is 0.944 bits per heavy atom. The Morgan fingerprint density at radius 2 is 1.72 bits per heavy atom. The number of hydrogen-bond acceptors (Lipinski definition) is 2. The molecule has 2 aromatic carbocycles. The number of H-pyrrole nitrogens is 1. The van der Waals surface area contributed by atoms with Gasteiger partial charge in [-0.05, 0) is 29.7 Å². The van der Waals surface area contributed by atoms with Gasteiger partial charge >= 0.3 is 0 Å². The molecule has 4 heteroatoms. The molecule has 18 heavy (non-hydrogen) atoms. The average molecular weight is 258 g/mol. The van der Waals surface area contributed by atoms with E-state index in [4.69, 9.17) is 11.6 Å². The zero-order valence-corrected chi connectivity index (χ0v) is 9.99. The summed E-state index contributed by atoms with van der Waals surface area (Å²) in [4.78, 5) is 26.7. The highest BCUT2D eigenvalue weighted by atomic mass is 35.5. The molecule has 1 heterocycles. The summed E-state index contributed by atoms with van der Waals surface area (Å²) < 4.78 is 0. The van der Waals surface area contributed by atoms with Crippen molar-refractivity contribution in [2.45, 2.75) is 0 Å². The standard InChI is InChI=1S/C14H8ClNO2/c15-9-5-12-13(16-7-9)4-2-8-1-3-10(17)6-11(8)14(12)18/h1-7,16H. The predicted molar refractivity (Wildman–Crippen MR) is 73.4 cm³/mol. The van der Waals surface area contributed by atoms with Crippen LogP contribution in [0.2, 0.25) is 5.02 Å². The zero-order valence-electron chi connectivity index (χ0n) is 9.24. The number of fused-ring (bicyclic) bond motifs is 2. The van der Waals surface area contributed by atoms with Crippen LogP contribution in [0, 0.1) is 0 Å². The molecule has 0 unspecified atom stereocenters. The highest BCUT2D eigenvalue weighted by molar-refractivity contribution is 6.31. The van der Waals surface area contributed by atoms with Gasteiger partial charge in [-0.25, -0.2) is 0 Å². The third kappa shape index (κ3) is 1.69. The topological polar surface area (TPSA) is 49.9 Å². The van der Waals surface area contributed by atoms with Crippen LogP contribution in [0.3, 0.4) is 0 Å². The maximum absolute atomic E-state index is 12.4. The van der Waals surface area contributed by atoms with Crippen molar-refractivity contribution >= 4 is 33.3 Å². The molecule has 3 aromatic rings. The van der Waals surface area contributed by atoms with Crippen molar-refractivity contribution in [3.63, 3.8) is 0 Å².